The standard InChI is InChI=1S/C19H22N2O4S/c22-15-7-5-13(6-8-15)16(9-12-3-1-2-4-12)18(25)21-19-20-14(11-26-19)10-17(23)24/h5-8,11-12,16,22H,1-4,9-10H2,(H,23,24)(H,20,21,25). The Morgan fingerprint density at radius 3 is 2.58 bits per heavy atom. The van der Waals surface area contributed by atoms with Gasteiger partial charge in [-0.2, -0.15) is 0 Å². The van der Waals surface area contributed by atoms with Crippen LogP contribution in [0.5, 0.6) is 5.75 Å². The van der Waals surface area contributed by atoms with E-state index < -0.39 is 5.97 Å². The molecule has 1 amide bonds. The third kappa shape index (κ3) is 4.82. The Morgan fingerprint density at radius 1 is 1.23 bits per heavy atom. The Morgan fingerprint density at radius 2 is 1.92 bits per heavy atom. The van der Waals surface area contributed by atoms with Crippen molar-refractivity contribution in [1.29, 1.82) is 0 Å². The molecule has 138 valence electrons. The second kappa shape index (κ2) is 8.31. The molecule has 0 aliphatic heterocycles. The number of carbonyl (C=O) groups is 2. The van der Waals surface area contributed by atoms with Gasteiger partial charge in [0.15, 0.2) is 5.13 Å². The summed E-state index contributed by atoms with van der Waals surface area (Å²) in [6.07, 6.45) is 5.31. The number of aromatic nitrogens is 1. The summed E-state index contributed by atoms with van der Waals surface area (Å²) in [4.78, 5) is 27.8. The molecule has 0 bridgehead atoms. The first-order valence-corrected chi connectivity index (χ1v) is 9.65. The Bertz CT molecular complexity index is 766. The first-order chi connectivity index (χ1) is 12.5. The topological polar surface area (TPSA) is 99.5 Å². The van der Waals surface area contributed by atoms with Crippen LogP contribution in [0.1, 0.15) is 49.3 Å². The molecule has 1 aliphatic rings. The van der Waals surface area contributed by atoms with Crippen LogP contribution in [-0.4, -0.2) is 27.1 Å². The highest BCUT2D eigenvalue weighted by Crippen LogP contribution is 2.35. The van der Waals surface area contributed by atoms with Crippen LogP contribution in [-0.2, 0) is 16.0 Å². The number of hydrogen-bond acceptors (Lipinski definition) is 5. The molecule has 1 aromatic carbocycles. The number of carbonyl (C=O) groups excluding carboxylic acids is 1. The fourth-order valence-corrected chi connectivity index (χ4v) is 4.19. The van der Waals surface area contributed by atoms with Gasteiger partial charge in [0.05, 0.1) is 18.0 Å². The number of amides is 1. The molecule has 1 unspecified atom stereocenters. The summed E-state index contributed by atoms with van der Waals surface area (Å²) in [5, 5.41) is 23.3. The lowest BCUT2D eigenvalue weighted by Gasteiger charge is -2.20. The number of nitrogens with zero attached hydrogens (tertiary/aromatic N) is 1. The number of rotatable bonds is 7. The van der Waals surface area contributed by atoms with Crippen LogP contribution >= 0.6 is 11.3 Å². The zero-order valence-electron chi connectivity index (χ0n) is 14.4. The average Bonchev–Trinajstić information content (AvgIpc) is 3.25. The summed E-state index contributed by atoms with van der Waals surface area (Å²) in [5.41, 5.74) is 1.31. The predicted molar refractivity (Wildman–Crippen MR) is 99.5 cm³/mol. The van der Waals surface area contributed by atoms with Crippen molar-refractivity contribution >= 4 is 28.3 Å². The maximum atomic E-state index is 12.9. The fourth-order valence-electron chi connectivity index (χ4n) is 3.47. The number of aromatic hydroxyl groups is 1. The molecule has 1 heterocycles. The maximum absolute atomic E-state index is 12.9. The number of benzene rings is 1. The average molecular weight is 374 g/mol. The van der Waals surface area contributed by atoms with E-state index in [1.54, 1.807) is 29.6 Å². The van der Waals surface area contributed by atoms with E-state index in [0.717, 1.165) is 24.8 Å². The monoisotopic (exact) mass is 374 g/mol. The van der Waals surface area contributed by atoms with Gasteiger partial charge in [0, 0.05) is 5.38 Å². The Hall–Kier alpha value is -2.41. The molecule has 0 spiro atoms. The van der Waals surface area contributed by atoms with Crippen molar-refractivity contribution in [2.45, 2.75) is 44.4 Å². The molecule has 1 fully saturated rings. The summed E-state index contributed by atoms with van der Waals surface area (Å²) in [5.74, 6) is -0.703. The minimum absolute atomic E-state index is 0.140. The number of hydrogen-bond donors (Lipinski definition) is 3. The van der Waals surface area contributed by atoms with E-state index in [0.29, 0.717) is 16.7 Å². The zero-order chi connectivity index (χ0) is 18.5. The number of phenols is 1. The van der Waals surface area contributed by atoms with Crippen molar-refractivity contribution in [3.8, 4) is 5.75 Å². The highest BCUT2D eigenvalue weighted by Gasteiger charge is 2.27. The number of thiazole rings is 1. The van der Waals surface area contributed by atoms with Crippen LogP contribution in [0, 0.1) is 5.92 Å². The molecule has 1 aliphatic carbocycles. The number of carboxylic acids is 1. The van der Waals surface area contributed by atoms with Gasteiger partial charge in [-0.15, -0.1) is 11.3 Å². The summed E-state index contributed by atoms with van der Waals surface area (Å²) in [6, 6.07) is 6.76. The van der Waals surface area contributed by atoms with E-state index in [2.05, 4.69) is 10.3 Å². The molecule has 7 heteroatoms. The van der Waals surface area contributed by atoms with E-state index in [-0.39, 0.29) is 24.0 Å². The highest BCUT2D eigenvalue weighted by molar-refractivity contribution is 7.13. The first kappa shape index (κ1) is 18.4. The SMILES string of the molecule is O=C(O)Cc1csc(NC(=O)C(CC2CCCC2)c2ccc(O)cc2)n1. The van der Waals surface area contributed by atoms with Crippen molar-refractivity contribution in [1.82, 2.24) is 4.98 Å². The van der Waals surface area contributed by atoms with Gasteiger partial charge < -0.3 is 15.5 Å². The van der Waals surface area contributed by atoms with Gasteiger partial charge in [0.2, 0.25) is 5.91 Å². The third-order valence-corrected chi connectivity index (χ3v) is 5.58. The van der Waals surface area contributed by atoms with Crippen molar-refractivity contribution in [3.63, 3.8) is 0 Å². The van der Waals surface area contributed by atoms with Crippen LogP contribution in [0.2, 0.25) is 0 Å². The molecule has 6 nitrogen and oxygen atoms in total. The molecule has 0 radical (unpaired) electrons. The summed E-state index contributed by atoms with van der Waals surface area (Å²) in [6.45, 7) is 0. The van der Waals surface area contributed by atoms with Crippen molar-refractivity contribution in [2.24, 2.45) is 5.92 Å². The first-order valence-electron chi connectivity index (χ1n) is 8.77. The number of nitrogens with one attached hydrogen (secondary N) is 1. The minimum Gasteiger partial charge on any atom is -0.508 e. The predicted octanol–water partition coefficient (Wildman–Crippen LogP) is 3.78. The molecular formula is C19H22N2O4S. The quantitative estimate of drug-likeness (QED) is 0.685. The maximum Gasteiger partial charge on any atom is 0.309 e. The van der Waals surface area contributed by atoms with Gasteiger partial charge in [0.25, 0.3) is 0 Å². The Labute approximate surface area is 155 Å². The van der Waals surface area contributed by atoms with E-state index >= 15 is 0 Å². The normalized spacial score (nSPS) is 15.7. The number of carboxylic acid groups (broad SMARTS) is 1. The summed E-state index contributed by atoms with van der Waals surface area (Å²) >= 11 is 1.23. The fraction of sp³-hybridized carbons (Fsp3) is 0.421. The lowest BCUT2D eigenvalue weighted by Crippen LogP contribution is -2.23. The van der Waals surface area contributed by atoms with E-state index in [1.165, 1.54) is 24.2 Å². The third-order valence-electron chi connectivity index (χ3n) is 4.77. The zero-order valence-corrected chi connectivity index (χ0v) is 15.2. The molecule has 2 aromatic rings. The van der Waals surface area contributed by atoms with Crippen LogP contribution in [0.15, 0.2) is 29.6 Å². The van der Waals surface area contributed by atoms with Gasteiger partial charge in [-0.05, 0) is 30.0 Å². The van der Waals surface area contributed by atoms with Crippen LogP contribution in [0.4, 0.5) is 5.13 Å². The number of phenolic OH excluding ortho intramolecular Hbond substituents is 1. The number of anilines is 1. The lowest BCUT2D eigenvalue weighted by atomic mass is 9.87. The van der Waals surface area contributed by atoms with Crippen molar-refractivity contribution in [2.75, 3.05) is 5.32 Å². The van der Waals surface area contributed by atoms with E-state index in [4.69, 9.17) is 5.11 Å². The molecule has 1 atom stereocenters. The van der Waals surface area contributed by atoms with Crippen molar-refractivity contribution < 1.29 is 19.8 Å². The van der Waals surface area contributed by atoms with Gasteiger partial charge in [-0.3, -0.25) is 9.59 Å². The Balaban J connectivity index is 1.74. The van der Waals surface area contributed by atoms with Crippen LogP contribution < -0.4 is 5.32 Å². The summed E-state index contributed by atoms with van der Waals surface area (Å²) in [7, 11) is 0. The van der Waals surface area contributed by atoms with Crippen molar-refractivity contribution in [3.05, 3.63) is 40.9 Å². The molecule has 3 N–H and O–H groups in total. The largest absolute Gasteiger partial charge is 0.508 e. The van der Waals surface area contributed by atoms with Gasteiger partial charge in [-0.1, -0.05) is 37.8 Å². The van der Waals surface area contributed by atoms with Gasteiger partial charge >= 0.3 is 5.97 Å². The van der Waals surface area contributed by atoms with Gasteiger partial charge in [0.1, 0.15) is 5.75 Å². The summed E-state index contributed by atoms with van der Waals surface area (Å²) < 4.78 is 0. The number of aliphatic carboxylic acids is 1. The minimum atomic E-state index is -0.948. The molecule has 3 rings (SSSR count). The molecule has 1 aromatic heterocycles. The van der Waals surface area contributed by atoms with E-state index in [1.807, 2.05) is 0 Å². The second-order valence-electron chi connectivity index (χ2n) is 6.73. The van der Waals surface area contributed by atoms with E-state index in [9.17, 15) is 14.7 Å². The highest BCUT2D eigenvalue weighted by atomic mass is 32.1. The molecule has 0 saturated heterocycles. The van der Waals surface area contributed by atoms with Crippen LogP contribution in [0.25, 0.3) is 0 Å². The lowest BCUT2D eigenvalue weighted by molar-refractivity contribution is -0.136. The van der Waals surface area contributed by atoms with Gasteiger partial charge in [-0.25, -0.2) is 4.98 Å². The Kier molecular flexibility index (Phi) is 5.88. The second-order valence-corrected chi connectivity index (χ2v) is 7.59. The molecule has 26 heavy (non-hydrogen) atoms. The molecule has 1 saturated carbocycles. The van der Waals surface area contributed by atoms with Crippen LogP contribution in [0.3, 0.4) is 0 Å². The molecular weight excluding hydrogens is 352 g/mol. The smallest absolute Gasteiger partial charge is 0.309 e.